The number of halogens is 1. The quantitative estimate of drug-likeness (QED) is 0.354. The summed E-state index contributed by atoms with van der Waals surface area (Å²) < 4.78 is 24.0. The maximum Gasteiger partial charge on any atom is 0.227 e. The molecule has 1 aliphatic rings. The van der Waals surface area contributed by atoms with E-state index in [1.807, 2.05) is 18.2 Å². The Bertz CT molecular complexity index is 1340. The van der Waals surface area contributed by atoms with E-state index in [1.54, 1.807) is 26.4 Å². The van der Waals surface area contributed by atoms with Crippen LogP contribution >= 0.6 is 0 Å². The van der Waals surface area contributed by atoms with E-state index in [0.717, 1.165) is 24.0 Å². The van der Waals surface area contributed by atoms with Crippen LogP contribution in [0.5, 0.6) is 11.5 Å². The Morgan fingerprint density at radius 3 is 2.42 bits per heavy atom. The fourth-order valence-corrected chi connectivity index (χ4v) is 4.34. The predicted molar refractivity (Wildman–Crippen MR) is 136 cm³/mol. The molecule has 2 aromatic heterocycles. The van der Waals surface area contributed by atoms with Crippen molar-refractivity contribution in [2.45, 2.75) is 44.7 Å². The Kier molecular flexibility index (Phi) is 7.01. The molecule has 36 heavy (non-hydrogen) atoms. The first kappa shape index (κ1) is 23.7. The van der Waals surface area contributed by atoms with Crippen molar-refractivity contribution < 1.29 is 13.9 Å². The fourth-order valence-electron chi connectivity index (χ4n) is 4.34. The van der Waals surface area contributed by atoms with Gasteiger partial charge in [0, 0.05) is 18.2 Å². The minimum Gasteiger partial charge on any atom is -0.493 e. The molecule has 5 rings (SSSR count). The van der Waals surface area contributed by atoms with Gasteiger partial charge in [0.2, 0.25) is 11.6 Å². The van der Waals surface area contributed by atoms with Crippen LogP contribution in [0.4, 0.5) is 16.2 Å². The van der Waals surface area contributed by atoms with E-state index in [9.17, 15) is 4.39 Å². The highest BCUT2D eigenvalue weighted by molar-refractivity contribution is 5.84. The van der Waals surface area contributed by atoms with Crippen molar-refractivity contribution in [3.05, 3.63) is 53.8 Å². The van der Waals surface area contributed by atoms with Crippen molar-refractivity contribution in [3.8, 4) is 22.9 Å². The summed E-state index contributed by atoms with van der Waals surface area (Å²) in [6, 6.07) is 12.1. The largest absolute Gasteiger partial charge is 0.493 e. The third-order valence-corrected chi connectivity index (χ3v) is 6.27. The molecule has 9 nitrogen and oxygen atoms in total. The molecular formula is C26H28FN7O2. The molecule has 0 spiro atoms. The third-order valence-electron chi connectivity index (χ3n) is 6.27. The van der Waals surface area contributed by atoms with Gasteiger partial charge in [0.15, 0.2) is 28.7 Å². The van der Waals surface area contributed by atoms with Gasteiger partial charge in [-0.25, -0.2) is 9.37 Å². The van der Waals surface area contributed by atoms with Crippen molar-refractivity contribution in [2.24, 2.45) is 0 Å². The van der Waals surface area contributed by atoms with Crippen LogP contribution in [0.1, 0.15) is 37.7 Å². The lowest BCUT2D eigenvalue weighted by Gasteiger charge is -2.23. The van der Waals surface area contributed by atoms with E-state index in [4.69, 9.17) is 19.4 Å². The number of benzene rings is 2. The Morgan fingerprint density at radius 2 is 1.67 bits per heavy atom. The lowest BCUT2D eigenvalue weighted by atomic mass is 9.95. The van der Waals surface area contributed by atoms with Gasteiger partial charge in [0.25, 0.3) is 0 Å². The van der Waals surface area contributed by atoms with Crippen molar-refractivity contribution in [2.75, 3.05) is 24.9 Å². The number of hydrogen-bond acceptors (Lipinski definition) is 9. The van der Waals surface area contributed by atoms with Crippen LogP contribution in [0.15, 0.2) is 42.5 Å². The molecule has 10 heteroatoms. The number of rotatable bonds is 8. The Hall–Kier alpha value is -4.08. The first-order valence-corrected chi connectivity index (χ1v) is 12.0. The second-order valence-electron chi connectivity index (χ2n) is 8.73. The predicted octanol–water partition coefficient (Wildman–Crippen LogP) is 4.99. The Morgan fingerprint density at radius 1 is 0.889 bits per heavy atom. The van der Waals surface area contributed by atoms with Gasteiger partial charge in [0.1, 0.15) is 5.82 Å². The van der Waals surface area contributed by atoms with Gasteiger partial charge in [-0.3, -0.25) is 0 Å². The molecule has 0 saturated heterocycles. The third kappa shape index (κ3) is 5.27. The number of anilines is 2. The van der Waals surface area contributed by atoms with Gasteiger partial charge in [-0.05, 0) is 48.7 Å². The number of fused-ring (bicyclic) bond motifs is 1. The zero-order valence-corrected chi connectivity index (χ0v) is 20.3. The molecule has 0 atom stereocenters. The molecule has 4 aromatic rings. The van der Waals surface area contributed by atoms with E-state index in [2.05, 4.69) is 25.8 Å². The lowest BCUT2D eigenvalue weighted by Crippen LogP contribution is -2.23. The lowest BCUT2D eigenvalue weighted by molar-refractivity contribution is 0.355. The SMILES string of the molecule is COc1ccc(-c2nnc3nc(NCc4ccc(F)cc4)nc(NC4CCCCC4)c3n2)cc1OC. The van der Waals surface area contributed by atoms with Crippen LogP contribution in [0.2, 0.25) is 0 Å². The molecule has 2 aromatic carbocycles. The number of aromatic nitrogens is 5. The second kappa shape index (κ2) is 10.7. The Balaban J connectivity index is 1.50. The molecule has 2 heterocycles. The molecule has 1 saturated carbocycles. The van der Waals surface area contributed by atoms with E-state index in [1.165, 1.54) is 31.4 Å². The van der Waals surface area contributed by atoms with Crippen molar-refractivity contribution in [1.29, 1.82) is 0 Å². The summed E-state index contributed by atoms with van der Waals surface area (Å²) in [7, 11) is 3.18. The fraction of sp³-hybridized carbons (Fsp3) is 0.346. The van der Waals surface area contributed by atoms with Gasteiger partial charge in [-0.15, -0.1) is 10.2 Å². The Labute approximate surface area is 208 Å². The highest BCUT2D eigenvalue weighted by Gasteiger charge is 2.19. The zero-order valence-electron chi connectivity index (χ0n) is 20.3. The first-order chi connectivity index (χ1) is 17.6. The van der Waals surface area contributed by atoms with E-state index in [-0.39, 0.29) is 5.82 Å². The molecule has 186 valence electrons. The zero-order chi connectivity index (χ0) is 24.9. The molecule has 0 unspecified atom stereocenters. The van der Waals surface area contributed by atoms with Gasteiger partial charge in [0.05, 0.1) is 14.2 Å². The molecule has 1 aliphatic carbocycles. The minimum absolute atomic E-state index is 0.272. The summed E-state index contributed by atoms with van der Waals surface area (Å²) in [6.07, 6.45) is 5.76. The summed E-state index contributed by atoms with van der Waals surface area (Å²) in [5.74, 6) is 2.38. The molecule has 2 N–H and O–H groups in total. The van der Waals surface area contributed by atoms with Crippen molar-refractivity contribution >= 4 is 22.9 Å². The topological polar surface area (TPSA) is 107 Å². The van der Waals surface area contributed by atoms with Crippen LogP contribution < -0.4 is 20.1 Å². The van der Waals surface area contributed by atoms with Crippen LogP contribution in [-0.2, 0) is 6.54 Å². The molecule has 0 amide bonds. The summed E-state index contributed by atoms with van der Waals surface area (Å²) in [6.45, 7) is 0.444. The summed E-state index contributed by atoms with van der Waals surface area (Å²) in [5.41, 5.74) is 2.58. The normalized spacial score (nSPS) is 14.0. The number of nitrogens with zero attached hydrogens (tertiary/aromatic N) is 5. The average Bonchev–Trinajstić information content (AvgIpc) is 2.92. The number of methoxy groups -OCH3 is 2. The monoisotopic (exact) mass is 489 g/mol. The smallest absolute Gasteiger partial charge is 0.227 e. The number of nitrogens with one attached hydrogen (secondary N) is 2. The van der Waals surface area contributed by atoms with Gasteiger partial charge >= 0.3 is 0 Å². The molecule has 0 aliphatic heterocycles. The van der Waals surface area contributed by atoms with Crippen LogP contribution in [0.3, 0.4) is 0 Å². The van der Waals surface area contributed by atoms with Crippen molar-refractivity contribution in [3.63, 3.8) is 0 Å². The van der Waals surface area contributed by atoms with Crippen LogP contribution in [0, 0.1) is 5.82 Å². The molecule has 0 bridgehead atoms. The standard InChI is InChI=1S/C26H28FN7O2/c1-35-20-13-10-17(14-21(20)36-2)23-30-22-24(29-19-6-4-3-5-7-19)31-26(32-25(22)34-33-23)28-15-16-8-11-18(27)12-9-16/h8-14,19H,3-7,15H2,1-2H3,(H2,28,29,31,32,34). The minimum atomic E-state index is -0.272. The van der Waals surface area contributed by atoms with Gasteiger partial charge < -0.3 is 20.1 Å². The van der Waals surface area contributed by atoms with Gasteiger partial charge in [-0.1, -0.05) is 31.4 Å². The second-order valence-corrected chi connectivity index (χ2v) is 8.73. The van der Waals surface area contributed by atoms with Gasteiger partial charge in [-0.2, -0.15) is 9.97 Å². The van der Waals surface area contributed by atoms with E-state index in [0.29, 0.717) is 52.8 Å². The average molecular weight is 490 g/mol. The number of ether oxygens (including phenoxy) is 2. The van der Waals surface area contributed by atoms with E-state index >= 15 is 0 Å². The maximum atomic E-state index is 13.2. The van der Waals surface area contributed by atoms with E-state index < -0.39 is 0 Å². The van der Waals surface area contributed by atoms with Crippen LogP contribution in [-0.4, -0.2) is 45.4 Å². The molecule has 1 fully saturated rings. The molecule has 0 radical (unpaired) electrons. The summed E-state index contributed by atoms with van der Waals surface area (Å²) in [5, 5.41) is 15.5. The highest BCUT2D eigenvalue weighted by atomic mass is 19.1. The van der Waals surface area contributed by atoms with Crippen LogP contribution in [0.25, 0.3) is 22.6 Å². The summed E-state index contributed by atoms with van der Waals surface area (Å²) >= 11 is 0. The first-order valence-electron chi connectivity index (χ1n) is 12.0. The molecular weight excluding hydrogens is 461 g/mol. The highest BCUT2D eigenvalue weighted by Crippen LogP contribution is 2.32. The summed E-state index contributed by atoms with van der Waals surface area (Å²) in [4.78, 5) is 14.1. The number of hydrogen-bond donors (Lipinski definition) is 2. The maximum absolute atomic E-state index is 13.2. The van der Waals surface area contributed by atoms with Crippen molar-refractivity contribution in [1.82, 2.24) is 25.1 Å².